The van der Waals surface area contributed by atoms with Gasteiger partial charge in [-0.15, -0.1) is 5.10 Å². The van der Waals surface area contributed by atoms with Gasteiger partial charge in [0.25, 0.3) is 5.89 Å². The molecule has 9 nitrogen and oxygen atoms in total. The summed E-state index contributed by atoms with van der Waals surface area (Å²) in [5.74, 6) is 9.92. The molecule has 0 bridgehead atoms. The summed E-state index contributed by atoms with van der Waals surface area (Å²) in [6.45, 7) is 0. The van der Waals surface area contributed by atoms with Gasteiger partial charge in [0.05, 0.1) is 18.0 Å². The monoisotopic (exact) mass is 318 g/mol. The number of rotatable bonds is 2. The highest BCUT2D eigenvalue weighted by molar-refractivity contribution is 5.80. The Labute approximate surface area is 127 Å². The fraction of sp³-hybridized carbons (Fsp3) is 0.0769. The molecule has 10 heteroatoms. The number of aromatic nitrogens is 3. The molecule has 0 fully saturated rings. The van der Waals surface area contributed by atoms with E-state index < -0.39 is 11.4 Å². The van der Waals surface area contributed by atoms with Crippen LogP contribution in [0, 0.1) is 5.82 Å². The van der Waals surface area contributed by atoms with E-state index in [0.29, 0.717) is 0 Å². The lowest BCUT2D eigenvalue weighted by molar-refractivity contribution is 0.387. The largest absolute Gasteiger partial charge is 0.494 e. The van der Waals surface area contributed by atoms with E-state index >= 15 is 0 Å². The number of hydrogen-bond acceptors (Lipinski definition) is 8. The molecular weight excluding hydrogens is 307 g/mol. The second kappa shape index (κ2) is 5.40. The molecule has 3 aromatic rings. The first-order valence-corrected chi connectivity index (χ1v) is 6.31. The lowest BCUT2D eigenvalue weighted by Gasteiger charge is -2.05. The second-order valence-corrected chi connectivity index (χ2v) is 4.46. The third-order valence-electron chi connectivity index (χ3n) is 3.09. The van der Waals surface area contributed by atoms with Crippen molar-refractivity contribution >= 4 is 10.9 Å². The Morgan fingerprint density at radius 2 is 2.17 bits per heavy atom. The highest BCUT2D eigenvalue weighted by Crippen LogP contribution is 2.23. The molecule has 0 unspecified atom stereocenters. The van der Waals surface area contributed by atoms with Crippen molar-refractivity contribution in [3.8, 4) is 17.3 Å². The van der Waals surface area contributed by atoms with Crippen molar-refractivity contribution in [1.82, 2.24) is 14.9 Å². The van der Waals surface area contributed by atoms with Crippen molar-refractivity contribution in [2.75, 3.05) is 13.0 Å². The van der Waals surface area contributed by atoms with E-state index in [9.17, 15) is 9.18 Å². The van der Waals surface area contributed by atoms with Crippen LogP contribution in [-0.2, 0) is 0 Å². The van der Waals surface area contributed by atoms with Crippen molar-refractivity contribution in [3.63, 3.8) is 0 Å². The van der Waals surface area contributed by atoms with Gasteiger partial charge in [-0.1, -0.05) is 0 Å². The molecule has 2 aromatic heterocycles. The van der Waals surface area contributed by atoms with Crippen LogP contribution in [0.15, 0.2) is 38.6 Å². The molecule has 0 aliphatic heterocycles. The van der Waals surface area contributed by atoms with Crippen LogP contribution in [0.5, 0.6) is 5.75 Å². The van der Waals surface area contributed by atoms with Gasteiger partial charge in [-0.25, -0.2) is 14.2 Å². The third-order valence-corrected chi connectivity index (χ3v) is 3.09. The minimum Gasteiger partial charge on any atom is -0.494 e. The minimum absolute atomic E-state index is 0.0127. The maximum Gasteiger partial charge on any atom is 0.347 e. The standard InChI is InChI=1S/C13H11FN6O3/c1-22-10-5-9-6(4-7(10)14)13(21)23-12(17-9)8-2-3-11(18-15)20(16)19-8/h2-5H,15-16H2,1H3/b18-11-. The Morgan fingerprint density at radius 1 is 1.39 bits per heavy atom. The molecule has 0 atom stereocenters. The molecule has 0 spiro atoms. The predicted octanol–water partition coefficient (Wildman–Crippen LogP) is -0.313. The van der Waals surface area contributed by atoms with Gasteiger partial charge in [-0.05, 0) is 18.2 Å². The van der Waals surface area contributed by atoms with Crippen molar-refractivity contribution < 1.29 is 13.5 Å². The molecule has 3 rings (SSSR count). The van der Waals surface area contributed by atoms with Crippen molar-refractivity contribution in [2.24, 2.45) is 10.9 Å². The molecule has 2 heterocycles. The Hall–Kier alpha value is -3.43. The Morgan fingerprint density at radius 3 is 2.83 bits per heavy atom. The minimum atomic E-state index is -0.760. The van der Waals surface area contributed by atoms with Gasteiger partial charge in [-0.2, -0.15) is 9.89 Å². The summed E-state index contributed by atoms with van der Waals surface area (Å²) in [5.41, 5.74) is -0.167. The lowest BCUT2D eigenvalue weighted by atomic mass is 10.2. The van der Waals surface area contributed by atoms with Crippen LogP contribution >= 0.6 is 0 Å². The second-order valence-electron chi connectivity index (χ2n) is 4.46. The van der Waals surface area contributed by atoms with Gasteiger partial charge < -0.3 is 20.8 Å². The zero-order valence-electron chi connectivity index (χ0n) is 11.9. The quantitative estimate of drug-likeness (QED) is 0.488. The van der Waals surface area contributed by atoms with E-state index in [4.69, 9.17) is 20.8 Å². The third kappa shape index (κ3) is 2.46. The summed E-state index contributed by atoms with van der Waals surface area (Å²) in [7, 11) is 1.31. The topological polar surface area (TPSA) is 135 Å². The van der Waals surface area contributed by atoms with Crippen LogP contribution in [0.2, 0.25) is 0 Å². The van der Waals surface area contributed by atoms with Crippen LogP contribution in [0.1, 0.15) is 0 Å². The summed E-state index contributed by atoms with van der Waals surface area (Å²) in [6.07, 6.45) is 0. The first kappa shape index (κ1) is 14.5. The number of hydrogen-bond donors (Lipinski definition) is 2. The summed E-state index contributed by atoms with van der Waals surface area (Å²) in [6, 6.07) is 5.25. The van der Waals surface area contributed by atoms with Crippen LogP contribution < -0.4 is 27.5 Å². The van der Waals surface area contributed by atoms with E-state index in [-0.39, 0.29) is 33.7 Å². The van der Waals surface area contributed by atoms with E-state index in [1.54, 1.807) is 0 Å². The normalized spacial score (nSPS) is 11.8. The molecule has 0 radical (unpaired) electrons. The van der Waals surface area contributed by atoms with Gasteiger partial charge in [0.2, 0.25) is 0 Å². The molecule has 23 heavy (non-hydrogen) atoms. The average Bonchev–Trinajstić information content (AvgIpc) is 2.54. The zero-order valence-corrected chi connectivity index (χ0v) is 11.9. The summed E-state index contributed by atoms with van der Waals surface area (Å²) >= 11 is 0. The summed E-state index contributed by atoms with van der Waals surface area (Å²) < 4.78 is 23.6. The fourth-order valence-corrected chi connectivity index (χ4v) is 1.99. The molecular formula is C13H11FN6O3. The molecule has 0 saturated carbocycles. The molecule has 0 saturated heterocycles. The molecule has 0 aliphatic carbocycles. The number of halogens is 1. The molecule has 118 valence electrons. The van der Waals surface area contributed by atoms with Gasteiger partial charge in [-0.3, -0.25) is 0 Å². The van der Waals surface area contributed by atoms with Gasteiger partial charge in [0.1, 0.15) is 5.69 Å². The number of fused-ring (bicyclic) bond motifs is 1. The maximum atomic E-state index is 13.7. The highest BCUT2D eigenvalue weighted by atomic mass is 19.1. The van der Waals surface area contributed by atoms with Crippen LogP contribution in [-0.4, -0.2) is 22.0 Å². The fourth-order valence-electron chi connectivity index (χ4n) is 1.99. The molecule has 1 aromatic carbocycles. The first-order chi connectivity index (χ1) is 11.0. The van der Waals surface area contributed by atoms with Crippen molar-refractivity contribution in [1.29, 1.82) is 0 Å². The highest BCUT2D eigenvalue weighted by Gasteiger charge is 2.14. The maximum absolute atomic E-state index is 13.7. The Kier molecular flexibility index (Phi) is 3.41. The lowest BCUT2D eigenvalue weighted by Crippen LogP contribution is -2.31. The number of nitrogen functional groups attached to an aromatic ring is 1. The number of nitrogens with two attached hydrogens (primary N) is 2. The van der Waals surface area contributed by atoms with Crippen LogP contribution in [0.25, 0.3) is 22.5 Å². The number of nitrogens with zero attached hydrogens (tertiary/aromatic N) is 4. The Bertz CT molecular complexity index is 1030. The van der Waals surface area contributed by atoms with Crippen molar-refractivity contribution in [2.45, 2.75) is 0 Å². The zero-order chi connectivity index (χ0) is 16.6. The SMILES string of the molecule is COc1cc2nc(-c3cc/c(=N/N)n(N)n3)oc(=O)c2cc1F. The van der Waals surface area contributed by atoms with E-state index in [2.05, 4.69) is 15.2 Å². The smallest absolute Gasteiger partial charge is 0.347 e. The van der Waals surface area contributed by atoms with Gasteiger partial charge in [0, 0.05) is 6.07 Å². The van der Waals surface area contributed by atoms with Crippen LogP contribution in [0.3, 0.4) is 0 Å². The summed E-state index contributed by atoms with van der Waals surface area (Å²) in [5, 5.41) is 7.34. The predicted molar refractivity (Wildman–Crippen MR) is 77.9 cm³/mol. The Balaban J connectivity index is 2.25. The number of ether oxygens (including phenoxy) is 1. The average molecular weight is 318 g/mol. The number of benzene rings is 1. The van der Waals surface area contributed by atoms with Crippen molar-refractivity contribution in [3.05, 3.63) is 46.0 Å². The van der Waals surface area contributed by atoms with Crippen LogP contribution in [0.4, 0.5) is 4.39 Å². The molecule has 4 N–H and O–H groups in total. The number of methoxy groups -OCH3 is 1. The van der Waals surface area contributed by atoms with E-state index in [1.807, 2.05) is 0 Å². The summed E-state index contributed by atoms with van der Waals surface area (Å²) in [4.78, 5) is 17.1. The molecule has 0 amide bonds. The van der Waals surface area contributed by atoms with Gasteiger partial charge >= 0.3 is 5.63 Å². The molecule has 0 aliphatic rings. The van der Waals surface area contributed by atoms with E-state index in [1.165, 1.54) is 25.3 Å². The first-order valence-electron chi connectivity index (χ1n) is 6.31. The van der Waals surface area contributed by atoms with E-state index in [0.717, 1.165) is 10.9 Å². The van der Waals surface area contributed by atoms with Gasteiger partial charge in [0.15, 0.2) is 17.1 Å².